The highest BCUT2D eigenvalue weighted by Crippen LogP contribution is 2.35. The minimum absolute atomic E-state index is 0.123. The van der Waals surface area contributed by atoms with Crippen molar-refractivity contribution >= 4 is 17.7 Å². The summed E-state index contributed by atoms with van der Waals surface area (Å²) in [7, 11) is 0. The number of thioether (sulfide) groups is 1. The van der Waals surface area contributed by atoms with Crippen LogP contribution in [0.1, 0.15) is 29.7 Å². The second-order valence-corrected chi connectivity index (χ2v) is 6.33. The molecule has 1 heterocycles. The molecule has 0 N–H and O–H groups in total. The Labute approximate surface area is 125 Å². The van der Waals surface area contributed by atoms with E-state index in [1.807, 2.05) is 23.6 Å². The third kappa shape index (κ3) is 4.00. The summed E-state index contributed by atoms with van der Waals surface area (Å²) in [5, 5.41) is 0.501. The highest BCUT2D eigenvalue weighted by atomic mass is 32.2. The van der Waals surface area contributed by atoms with E-state index in [1.165, 1.54) is 11.1 Å². The van der Waals surface area contributed by atoms with Crippen molar-refractivity contribution < 1.29 is 9.53 Å². The summed E-state index contributed by atoms with van der Waals surface area (Å²) in [4.78, 5) is 14.0. The number of hydrogen-bond acceptors (Lipinski definition) is 3. The third-order valence-electron chi connectivity index (χ3n) is 3.66. The molecule has 0 saturated carbocycles. The largest absolute Gasteiger partial charge is 0.372 e. The summed E-state index contributed by atoms with van der Waals surface area (Å²) in [6, 6.07) is 8.56. The summed E-state index contributed by atoms with van der Waals surface area (Å²) in [6.07, 6.45) is 1.02. The van der Waals surface area contributed by atoms with E-state index in [4.69, 9.17) is 4.74 Å². The molecular formula is C16H23NO2S. The minimum Gasteiger partial charge on any atom is -0.372 e. The number of carbonyl (C=O) groups excluding carboxylic acids is 1. The van der Waals surface area contributed by atoms with Gasteiger partial charge in [0.1, 0.15) is 6.61 Å². The quantitative estimate of drug-likeness (QED) is 0.854. The van der Waals surface area contributed by atoms with Crippen molar-refractivity contribution in [3.63, 3.8) is 0 Å². The zero-order valence-electron chi connectivity index (χ0n) is 12.3. The normalized spacial score (nSPS) is 19.7. The van der Waals surface area contributed by atoms with Gasteiger partial charge in [-0.15, -0.1) is 0 Å². The van der Waals surface area contributed by atoms with Crippen LogP contribution in [0.15, 0.2) is 24.3 Å². The molecule has 1 aliphatic rings. The first-order chi connectivity index (χ1) is 9.72. The van der Waals surface area contributed by atoms with Crippen LogP contribution in [0.2, 0.25) is 0 Å². The predicted octanol–water partition coefficient (Wildman–Crippen LogP) is 3.04. The van der Waals surface area contributed by atoms with Crippen molar-refractivity contribution in [1.29, 1.82) is 0 Å². The Bertz CT molecular complexity index is 450. The number of amides is 1. The predicted molar refractivity (Wildman–Crippen MR) is 84.1 cm³/mol. The van der Waals surface area contributed by atoms with Crippen LogP contribution < -0.4 is 0 Å². The van der Waals surface area contributed by atoms with E-state index in [-0.39, 0.29) is 12.5 Å². The molecule has 1 aliphatic heterocycles. The lowest BCUT2D eigenvalue weighted by molar-refractivity contribution is -0.135. The van der Waals surface area contributed by atoms with Crippen molar-refractivity contribution in [2.75, 3.05) is 32.1 Å². The first kappa shape index (κ1) is 15.4. The Kier molecular flexibility index (Phi) is 5.92. The van der Waals surface area contributed by atoms with E-state index in [9.17, 15) is 4.79 Å². The maximum Gasteiger partial charge on any atom is 0.248 e. The Balaban J connectivity index is 1.95. The summed E-state index contributed by atoms with van der Waals surface area (Å²) < 4.78 is 5.22. The highest BCUT2D eigenvalue weighted by Gasteiger charge is 2.22. The van der Waals surface area contributed by atoms with E-state index in [2.05, 4.69) is 31.2 Å². The van der Waals surface area contributed by atoms with Gasteiger partial charge in [-0.05, 0) is 31.4 Å². The number of nitrogens with zero attached hydrogens (tertiary/aromatic N) is 1. The third-order valence-corrected chi connectivity index (χ3v) is 4.97. The zero-order chi connectivity index (χ0) is 14.4. The van der Waals surface area contributed by atoms with Crippen molar-refractivity contribution in [3.05, 3.63) is 35.4 Å². The Morgan fingerprint density at radius 2 is 2.20 bits per heavy atom. The second-order valence-electron chi connectivity index (χ2n) is 5.02. The molecule has 0 spiro atoms. The summed E-state index contributed by atoms with van der Waals surface area (Å²) in [6.45, 7) is 6.56. The molecule has 2 rings (SSSR count). The first-order valence-corrected chi connectivity index (χ1v) is 8.30. The fourth-order valence-electron chi connectivity index (χ4n) is 2.50. The number of carbonyl (C=O) groups is 1. The fraction of sp³-hybridized carbons (Fsp3) is 0.562. The molecule has 1 atom stereocenters. The van der Waals surface area contributed by atoms with Crippen LogP contribution >= 0.6 is 11.8 Å². The van der Waals surface area contributed by atoms with E-state index in [0.717, 1.165) is 25.3 Å². The molecule has 0 radical (unpaired) electrons. The van der Waals surface area contributed by atoms with Crippen molar-refractivity contribution in [2.45, 2.75) is 25.5 Å². The maximum atomic E-state index is 12.0. The molecule has 0 unspecified atom stereocenters. The van der Waals surface area contributed by atoms with Gasteiger partial charge in [0.25, 0.3) is 0 Å². The van der Waals surface area contributed by atoms with Crippen LogP contribution in [0.25, 0.3) is 0 Å². The molecule has 3 nitrogen and oxygen atoms in total. The van der Waals surface area contributed by atoms with Gasteiger partial charge in [-0.2, -0.15) is 11.8 Å². The number of aryl methyl sites for hydroxylation is 1. The van der Waals surface area contributed by atoms with Gasteiger partial charge in [-0.25, -0.2) is 0 Å². The summed E-state index contributed by atoms with van der Waals surface area (Å²) in [5.41, 5.74) is 2.76. The monoisotopic (exact) mass is 293 g/mol. The molecule has 20 heavy (non-hydrogen) atoms. The van der Waals surface area contributed by atoms with Gasteiger partial charge in [-0.1, -0.05) is 24.3 Å². The lowest BCUT2D eigenvalue weighted by Crippen LogP contribution is -2.35. The van der Waals surface area contributed by atoms with Gasteiger partial charge in [0, 0.05) is 30.7 Å². The first-order valence-electron chi connectivity index (χ1n) is 7.25. The average Bonchev–Trinajstić information content (AvgIpc) is 2.71. The summed E-state index contributed by atoms with van der Waals surface area (Å²) >= 11 is 1.96. The average molecular weight is 293 g/mol. The Morgan fingerprint density at radius 3 is 2.95 bits per heavy atom. The van der Waals surface area contributed by atoms with Crippen molar-refractivity contribution in [3.8, 4) is 0 Å². The number of rotatable bonds is 4. The number of benzene rings is 1. The molecule has 1 saturated heterocycles. The van der Waals surface area contributed by atoms with E-state index >= 15 is 0 Å². The van der Waals surface area contributed by atoms with Crippen LogP contribution in [-0.2, 0) is 9.53 Å². The molecule has 1 fully saturated rings. The highest BCUT2D eigenvalue weighted by molar-refractivity contribution is 7.99. The lowest BCUT2D eigenvalue weighted by Gasteiger charge is -2.20. The van der Waals surface area contributed by atoms with Crippen LogP contribution in [0, 0.1) is 6.92 Å². The van der Waals surface area contributed by atoms with Crippen LogP contribution in [0.5, 0.6) is 0 Å². The van der Waals surface area contributed by atoms with Gasteiger partial charge < -0.3 is 9.64 Å². The molecule has 0 bridgehead atoms. The second kappa shape index (κ2) is 7.70. The van der Waals surface area contributed by atoms with Crippen molar-refractivity contribution in [1.82, 2.24) is 4.90 Å². The molecule has 1 aromatic rings. The van der Waals surface area contributed by atoms with Gasteiger partial charge in [0.05, 0.1) is 0 Å². The van der Waals surface area contributed by atoms with E-state index in [1.54, 1.807) is 0 Å². The van der Waals surface area contributed by atoms with Gasteiger partial charge >= 0.3 is 0 Å². The molecule has 1 amide bonds. The summed E-state index contributed by atoms with van der Waals surface area (Å²) in [5.74, 6) is 1.12. The standard InChI is InChI=1S/C16H23NO2S/c1-3-19-12-16(18)17-9-8-15(20-11-10-17)14-7-5-4-6-13(14)2/h4-7,15H,3,8-12H2,1-2H3/t15-/m0/s1. The zero-order valence-corrected chi connectivity index (χ0v) is 13.1. The molecule has 0 aromatic heterocycles. The Hall–Kier alpha value is -1.00. The van der Waals surface area contributed by atoms with Gasteiger partial charge in [0.15, 0.2) is 0 Å². The lowest BCUT2D eigenvalue weighted by atomic mass is 10.0. The molecule has 0 aliphatic carbocycles. The van der Waals surface area contributed by atoms with E-state index in [0.29, 0.717) is 11.9 Å². The van der Waals surface area contributed by atoms with Crippen LogP contribution in [-0.4, -0.2) is 42.9 Å². The SMILES string of the molecule is CCOCC(=O)N1CCS[C@H](c2ccccc2C)CC1. The minimum atomic E-state index is 0.123. The van der Waals surface area contributed by atoms with E-state index < -0.39 is 0 Å². The molecule has 110 valence electrons. The molecular weight excluding hydrogens is 270 g/mol. The smallest absolute Gasteiger partial charge is 0.248 e. The van der Waals surface area contributed by atoms with Gasteiger partial charge in [-0.3, -0.25) is 4.79 Å². The Morgan fingerprint density at radius 1 is 1.40 bits per heavy atom. The van der Waals surface area contributed by atoms with Crippen molar-refractivity contribution in [2.24, 2.45) is 0 Å². The topological polar surface area (TPSA) is 29.5 Å². The van der Waals surface area contributed by atoms with Crippen LogP contribution in [0.3, 0.4) is 0 Å². The number of ether oxygens (including phenoxy) is 1. The molecule has 1 aromatic carbocycles. The van der Waals surface area contributed by atoms with Crippen LogP contribution in [0.4, 0.5) is 0 Å². The number of hydrogen-bond donors (Lipinski definition) is 0. The molecule has 4 heteroatoms. The maximum absolute atomic E-state index is 12.0. The van der Waals surface area contributed by atoms with Gasteiger partial charge in [0.2, 0.25) is 5.91 Å². The fourth-order valence-corrected chi connectivity index (χ4v) is 3.82.